The lowest BCUT2D eigenvalue weighted by molar-refractivity contribution is 1.07. The molecule has 0 saturated heterocycles. The minimum Gasteiger partial charge on any atom is -0.368 e. The van der Waals surface area contributed by atoms with Gasteiger partial charge in [-0.05, 0) is 13.8 Å². The molecule has 0 aliphatic heterocycles. The first kappa shape index (κ1) is 7.28. The highest BCUT2D eigenvalue weighted by atomic mass is 35.5. The van der Waals surface area contributed by atoms with Gasteiger partial charge in [-0.15, -0.1) is 0 Å². The van der Waals surface area contributed by atoms with Crippen LogP contribution in [0.1, 0.15) is 11.4 Å². The Bertz CT molecular complexity index is 236. The average Bonchev–Trinajstić information content (AvgIpc) is 1.82. The Hall–Kier alpha value is -0.830. The van der Waals surface area contributed by atoms with Crippen molar-refractivity contribution >= 4 is 17.5 Å². The molecule has 0 spiro atoms. The summed E-state index contributed by atoms with van der Waals surface area (Å²) in [6.45, 7) is 3.60. The quantitative estimate of drug-likeness (QED) is 0.618. The first-order valence-corrected chi connectivity index (χ1v) is 3.25. The summed E-state index contributed by atoms with van der Waals surface area (Å²) in [4.78, 5) is 7.74. The SMILES string of the molecule is Cc1nc(N)nc(C)c1Cl. The number of nitrogen functional groups attached to an aromatic ring is 1. The zero-order valence-electron chi connectivity index (χ0n) is 5.85. The van der Waals surface area contributed by atoms with Gasteiger partial charge in [-0.1, -0.05) is 11.6 Å². The molecule has 0 unspecified atom stereocenters. The van der Waals surface area contributed by atoms with Crippen molar-refractivity contribution in [3.8, 4) is 0 Å². The molecular weight excluding hydrogens is 150 g/mol. The van der Waals surface area contributed by atoms with Crippen molar-refractivity contribution < 1.29 is 0 Å². The van der Waals surface area contributed by atoms with Gasteiger partial charge < -0.3 is 5.73 Å². The van der Waals surface area contributed by atoms with Gasteiger partial charge in [0.1, 0.15) is 0 Å². The van der Waals surface area contributed by atoms with E-state index in [-0.39, 0.29) is 5.95 Å². The average molecular weight is 158 g/mol. The summed E-state index contributed by atoms with van der Waals surface area (Å²) in [7, 11) is 0. The molecule has 0 bridgehead atoms. The summed E-state index contributed by atoms with van der Waals surface area (Å²) >= 11 is 5.77. The molecule has 54 valence electrons. The van der Waals surface area contributed by atoms with Gasteiger partial charge in [-0.2, -0.15) is 0 Å². The largest absolute Gasteiger partial charge is 0.368 e. The lowest BCUT2D eigenvalue weighted by Gasteiger charge is -2.00. The predicted molar refractivity (Wildman–Crippen MR) is 40.9 cm³/mol. The highest BCUT2D eigenvalue weighted by molar-refractivity contribution is 6.31. The molecule has 0 fully saturated rings. The van der Waals surface area contributed by atoms with E-state index in [9.17, 15) is 0 Å². The van der Waals surface area contributed by atoms with Crippen molar-refractivity contribution in [2.45, 2.75) is 13.8 Å². The number of halogens is 1. The van der Waals surface area contributed by atoms with Crippen molar-refractivity contribution in [1.82, 2.24) is 9.97 Å². The second-order valence-electron chi connectivity index (χ2n) is 2.07. The highest BCUT2D eigenvalue weighted by Crippen LogP contribution is 2.16. The van der Waals surface area contributed by atoms with E-state index in [1.165, 1.54) is 0 Å². The number of anilines is 1. The molecular formula is C6H8ClN3. The van der Waals surface area contributed by atoms with Crippen LogP contribution in [0.3, 0.4) is 0 Å². The summed E-state index contributed by atoms with van der Waals surface area (Å²) < 4.78 is 0. The molecule has 0 aromatic carbocycles. The maximum absolute atomic E-state index is 5.77. The Kier molecular flexibility index (Phi) is 1.76. The molecule has 0 aliphatic carbocycles. The van der Waals surface area contributed by atoms with Gasteiger partial charge in [0.15, 0.2) is 0 Å². The number of aromatic nitrogens is 2. The predicted octanol–water partition coefficient (Wildman–Crippen LogP) is 1.33. The van der Waals surface area contributed by atoms with E-state index in [0.29, 0.717) is 5.02 Å². The molecule has 1 aromatic rings. The Morgan fingerprint density at radius 3 is 2.00 bits per heavy atom. The summed E-state index contributed by atoms with van der Waals surface area (Å²) in [6.07, 6.45) is 0. The molecule has 10 heavy (non-hydrogen) atoms. The molecule has 4 heteroatoms. The topological polar surface area (TPSA) is 51.8 Å². The number of nitrogens with two attached hydrogens (primary N) is 1. The van der Waals surface area contributed by atoms with Crippen molar-refractivity contribution in [3.63, 3.8) is 0 Å². The lowest BCUT2D eigenvalue weighted by atomic mass is 10.3. The Balaban J connectivity index is 3.31. The fraction of sp³-hybridized carbons (Fsp3) is 0.333. The molecule has 1 aromatic heterocycles. The fourth-order valence-corrected chi connectivity index (χ4v) is 0.813. The molecule has 0 radical (unpaired) electrons. The smallest absolute Gasteiger partial charge is 0.220 e. The molecule has 1 rings (SSSR count). The van der Waals surface area contributed by atoms with Gasteiger partial charge >= 0.3 is 0 Å². The molecule has 3 nitrogen and oxygen atoms in total. The van der Waals surface area contributed by atoms with E-state index in [1.807, 2.05) is 0 Å². The zero-order valence-corrected chi connectivity index (χ0v) is 6.61. The van der Waals surface area contributed by atoms with Crippen LogP contribution in [0.5, 0.6) is 0 Å². The lowest BCUT2D eigenvalue weighted by Crippen LogP contribution is -1.99. The third-order valence-corrected chi connectivity index (χ3v) is 1.75. The van der Waals surface area contributed by atoms with Crippen LogP contribution in [0, 0.1) is 13.8 Å². The van der Waals surface area contributed by atoms with Crippen molar-refractivity contribution in [3.05, 3.63) is 16.4 Å². The number of rotatable bonds is 0. The van der Waals surface area contributed by atoms with Crippen molar-refractivity contribution in [1.29, 1.82) is 0 Å². The van der Waals surface area contributed by atoms with Gasteiger partial charge in [-0.25, -0.2) is 9.97 Å². The van der Waals surface area contributed by atoms with E-state index in [2.05, 4.69) is 9.97 Å². The standard InChI is InChI=1S/C6H8ClN3/c1-3-5(7)4(2)10-6(8)9-3/h1-2H3,(H2,8,9,10). The van der Waals surface area contributed by atoms with Gasteiger partial charge in [0, 0.05) is 0 Å². The fourth-order valence-electron chi connectivity index (χ4n) is 0.729. The molecule has 2 N–H and O–H groups in total. The van der Waals surface area contributed by atoms with Crippen molar-refractivity contribution in [2.75, 3.05) is 5.73 Å². The van der Waals surface area contributed by atoms with Crippen molar-refractivity contribution in [2.24, 2.45) is 0 Å². The third-order valence-electron chi connectivity index (χ3n) is 1.20. The number of aryl methyl sites for hydroxylation is 2. The maximum atomic E-state index is 5.77. The summed E-state index contributed by atoms with van der Waals surface area (Å²) in [5.41, 5.74) is 6.80. The minimum atomic E-state index is 0.277. The summed E-state index contributed by atoms with van der Waals surface area (Å²) in [5.74, 6) is 0.277. The van der Waals surface area contributed by atoms with Crippen LogP contribution in [-0.4, -0.2) is 9.97 Å². The maximum Gasteiger partial charge on any atom is 0.220 e. The van der Waals surface area contributed by atoms with Gasteiger partial charge in [0.05, 0.1) is 16.4 Å². The Morgan fingerprint density at radius 1 is 1.20 bits per heavy atom. The van der Waals surface area contributed by atoms with E-state index in [1.54, 1.807) is 13.8 Å². The van der Waals surface area contributed by atoms with Gasteiger partial charge in [-0.3, -0.25) is 0 Å². The molecule has 0 aliphatic rings. The minimum absolute atomic E-state index is 0.277. The van der Waals surface area contributed by atoms with Gasteiger partial charge in [0.2, 0.25) is 5.95 Å². The summed E-state index contributed by atoms with van der Waals surface area (Å²) in [6, 6.07) is 0. The van der Waals surface area contributed by atoms with Crippen LogP contribution in [-0.2, 0) is 0 Å². The number of nitrogens with zero attached hydrogens (tertiary/aromatic N) is 2. The Morgan fingerprint density at radius 2 is 1.60 bits per heavy atom. The number of hydrogen-bond donors (Lipinski definition) is 1. The van der Waals surface area contributed by atoms with E-state index in [4.69, 9.17) is 17.3 Å². The van der Waals surface area contributed by atoms with Crippen LogP contribution in [0.25, 0.3) is 0 Å². The summed E-state index contributed by atoms with van der Waals surface area (Å²) in [5, 5.41) is 0.592. The van der Waals surface area contributed by atoms with E-state index >= 15 is 0 Å². The second kappa shape index (κ2) is 2.42. The number of hydrogen-bond acceptors (Lipinski definition) is 3. The van der Waals surface area contributed by atoms with E-state index in [0.717, 1.165) is 11.4 Å². The molecule has 0 atom stereocenters. The van der Waals surface area contributed by atoms with Crippen LogP contribution >= 0.6 is 11.6 Å². The highest BCUT2D eigenvalue weighted by Gasteiger charge is 2.01. The van der Waals surface area contributed by atoms with Crippen LogP contribution in [0.15, 0.2) is 0 Å². The van der Waals surface area contributed by atoms with Crippen LogP contribution in [0.4, 0.5) is 5.95 Å². The monoisotopic (exact) mass is 157 g/mol. The molecule has 0 saturated carbocycles. The molecule has 0 amide bonds. The zero-order chi connectivity index (χ0) is 7.72. The van der Waals surface area contributed by atoms with Crippen LogP contribution in [0.2, 0.25) is 5.02 Å². The van der Waals surface area contributed by atoms with E-state index < -0.39 is 0 Å². The first-order chi connectivity index (χ1) is 4.61. The van der Waals surface area contributed by atoms with Crippen LogP contribution < -0.4 is 5.73 Å². The van der Waals surface area contributed by atoms with Gasteiger partial charge in [0.25, 0.3) is 0 Å². The third kappa shape index (κ3) is 1.19. The Labute approximate surface area is 64.2 Å². The first-order valence-electron chi connectivity index (χ1n) is 2.87. The second-order valence-corrected chi connectivity index (χ2v) is 2.44. The molecule has 1 heterocycles. The normalized spacial score (nSPS) is 9.90.